The molecule has 0 unspecified atom stereocenters. The van der Waals surface area contributed by atoms with Crippen molar-refractivity contribution < 1.29 is 0 Å². The number of benzene rings is 10. The van der Waals surface area contributed by atoms with Crippen molar-refractivity contribution in [3.05, 3.63) is 276 Å². The molecule has 0 saturated carbocycles. The molecule has 1 heterocycles. The fraction of sp³-hybridized carbons (Fsp3) is 0.0476. The van der Waals surface area contributed by atoms with Crippen molar-refractivity contribution in [1.82, 2.24) is 4.57 Å². The Morgan fingerprint density at radius 2 is 0.892 bits per heavy atom. The van der Waals surface area contributed by atoms with Crippen LogP contribution in [0.2, 0.25) is 0 Å². The molecule has 0 atom stereocenters. The van der Waals surface area contributed by atoms with E-state index in [-0.39, 0.29) is 0 Å². The fourth-order valence-corrected chi connectivity index (χ4v) is 10.6. The molecular weight excluding hydrogens is 785 g/mol. The molecule has 0 fully saturated rings. The smallest absolute Gasteiger partial charge is 0.0715 e. The summed E-state index contributed by atoms with van der Waals surface area (Å²) in [4.78, 5) is 2.46. The Bertz CT molecular complexity index is 3430. The van der Waals surface area contributed by atoms with E-state index in [2.05, 4.69) is 266 Å². The summed E-state index contributed by atoms with van der Waals surface area (Å²) in [5.74, 6) is 0. The molecule has 65 heavy (non-hydrogen) atoms. The largest absolute Gasteiger partial charge is 0.310 e. The number of aryl methyl sites for hydroxylation is 2. The predicted octanol–water partition coefficient (Wildman–Crippen LogP) is 16.6. The molecule has 0 saturated heterocycles. The summed E-state index contributed by atoms with van der Waals surface area (Å²) in [6, 6.07) is 89.8. The van der Waals surface area contributed by atoms with Crippen molar-refractivity contribution in [3.63, 3.8) is 0 Å². The molecule has 10 aromatic carbocycles. The van der Waals surface area contributed by atoms with Gasteiger partial charge in [0, 0.05) is 33.3 Å². The summed E-state index contributed by atoms with van der Waals surface area (Å²) in [6.45, 7) is 4.37. The number of para-hydroxylation sites is 3. The van der Waals surface area contributed by atoms with Crippen LogP contribution in [0.4, 0.5) is 17.1 Å². The molecule has 0 aliphatic heterocycles. The van der Waals surface area contributed by atoms with Gasteiger partial charge in [-0.2, -0.15) is 0 Å². The van der Waals surface area contributed by atoms with Crippen LogP contribution in [0.5, 0.6) is 0 Å². The number of hydrogen-bond donors (Lipinski definition) is 0. The fourth-order valence-electron chi connectivity index (χ4n) is 10.6. The zero-order valence-corrected chi connectivity index (χ0v) is 36.5. The lowest BCUT2D eigenvalue weighted by Crippen LogP contribution is -2.29. The van der Waals surface area contributed by atoms with E-state index >= 15 is 0 Å². The Morgan fingerprint density at radius 3 is 1.52 bits per heavy atom. The Morgan fingerprint density at radius 1 is 0.369 bits per heavy atom. The summed E-state index contributed by atoms with van der Waals surface area (Å²) in [6.07, 6.45) is 0. The second-order valence-corrected chi connectivity index (χ2v) is 17.4. The number of anilines is 3. The lowest BCUT2D eigenvalue weighted by molar-refractivity contribution is 0.767. The van der Waals surface area contributed by atoms with Gasteiger partial charge in [0.1, 0.15) is 0 Å². The molecule has 1 aliphatic carbocycles. The molecule has 308 valence electrons. The van der Waals surface area contributed by atoms with Gasteiger partial charge in [-0.1, -0.05) is 205 Å². The highest BCUT2D eigenvalue weighted by Crippen LogP contribution is 2.59. The minimum atomic E-state index is -0.640. The molecule has 0 radical (unpaired) electrons. The first-order chi connectivity index (χ1) is 32.1. The maximum Gasteiger partial charge on any atom is 0.0715 e. The van der Waals surface area contributed by atoms with Crippen LogP contribution in [-0.2, 0) is 5.41 Å². The summed E-state index contributed by atoms with van der Waals surface area (Å²) < 4.78 is 2.50. The molecule has 0 bridgehead atoms. The summed E-state index contributed by atoms with van der Waals surface area (Å²) in [5, 5.41) is 2.51. The van der Waals surface area contributed by atoms with E-state index in [1.54, 1.807) is 0 Å². The van der Waals surface area contributed by atoms with E-state index in [1.807, 2.05) is 0 Å². The van der Waals surface area contributed by atoms with Crippen LogP contribution in [0.3, 0.4) is 0 Å². The Kier molecular flexibility index (Phi) is 9.21. The third-order valence-corrected chi connectivity index (χ3v) is 13.6. The van der Waals surface area contributed by atoms with Crippen LogP contribution in [0.1, 0.15) is 33.4 Å². The average Bonchev–Trinajstić information content (AvgIpc) is 3.86. The molecule has 1 aliphatic rings. The summed E-state index contributed by atoms with van der Waals surface area (Å²) in [5.41, 5.74) is 20.9. The number of nitrogens with zero attached hydrogens (tertiary/aromatic N) is 2. The highest BCUT2D eigenvalue weighted by Gasteiger charge is 2.47. The summed E-state index contributed by atoms with van der Waals surface area (Å²) >= 11 is 0. The van der Waals surface area contributed by atoms with Gasteiger partial charge in [-0.05, 0) is 107 Å². The highest BCUT2D eigenvalue weighted by molar-refractivity contribution is 6.10. The van der Waals surface area contributed by atoms with Crippen molar-refractivity contribution in [1.29, 1.82) is 0 Å². The highest BCUT2D eigenvalue weighted by atomic mass is 15.1. The number of hydrogen-bond acceptors (Lipinski definition) is 1. The first-order valence-corrected chi connectivity index (χ1v) is 22.6. The molecule has 12 rings (SSSR count). The van der Waals surface area contributed by atoms with E-state index in [4.69, 9.17) is 0 Å². The first kappa shape index (κ1) is 38.5. The van der Waals surface area contributed by atoms with Gasteiger partial charge in [0.2, 0.25) is 0 Å². The molecule has 2 heteroatoms. The van der Waals surface area contributed by atoms with Crippen molar-refractivity contribution in [2.75, 3.05) is 4.90 Å². The maximum absolute atomic E-state index is 2.50. The topological polar surface area (TPSA) is 8.17 Å². The van der Waals surface area contributed by atoms with Gasteiger partial charge in [-0.15, -0.1) is 0 Å². The van der Waals surface area contributed by atoms with Crippen LogP contribution in [-0.4, -0.2) is 4.57 Å². The van der Waals surface area contributed by atoms with E-state index < -0.39 is 5.41 Å². The average molecular weight is 831 g/mol. The van der Waals surface area contributed by atoms with Gasteiger partial charge in [0.05, 0.1) is 27.8 Å². The normalized spacial score (nSPS) is 12.6. The SMILES string of the molecule is Cc1ccc(C2(c3ccc(C)cc3)c3cc(N(c4ccc(-c5ccccc5)cc4)c4ccccc4-c4ccccc4)ccc3-c3c(-n4c5ccccc5c5ccccc54)cccc32)cc1. The van der Waals surface area contributed by atoms with Gasteiger partial charge in [-0.3, -0.25) is 0 Å². The number of rotatable bonds is 8. The quantitative estimate of drug-likeness (QED) is 0.148. The lowest BCUT2D eigenvalue weighted by atomic mass is 9.67. The van der Waals surface area contributed by atoms with E-state index in [1.165, 1.54) is 94.3 Å². The van der Waals surface area contributed by atoms with Crippen LogP contribution >= 0.6 is 0 Å². The Balaban J connectivity index is 1.17. The second-order valence-electron chi connectivity index (χ2n) is 17.4. The van der Waals surface area contributed by atoms with Gasteiger partial charge >= 0.3 is 0 Å². The minimum absolute atomic E-state index is 0.640. The molecule has 2 nitrogen and oxygen atoms in total. The molecule has 11 aromatic rings. The van der Waals surface area contributed by atoms with Crippen molar-refractivity contribution in [3.8, 4) is 39.1 Å². The zero-order valence-electron chi connectivity index (χ0n) is 36.5. The zero-order chi connectivity index (χ0) is 43.5. The van der Waals surface area contributed by atoms with E-state index in [0.29, 0.717) is 0 Å². The van der Waals surface area contributed by atoms with E-state index in [9.17, 15) is 0 Å². The van der Waals surface area contributed by atoms with Crippen LogP contribution in [0.25, 0.3) is 60.9 Å². The van der Waals surface area contributed by atoms with Gasteiger partial charge in [0.15, 0.2) is 0 Å². The van der Waals surface area contributed by atoms with Crippen molar-refractivity contribution >= 4 is 38.9 Å². The van der Waals surface area contributed by atoms with Gasteiger partial charge in [0.25, 0.3) is 0 Å². The third kappa shape index (κ3) is 6.17. The molecular formula is C63H46N2. The molecule has 1 aromatic heterocycles. The Hall–Kier alpha value is -8.20. The monoisotopic (exact) mass is 830 g/mol. The minimum Gasteiger partial charge on any atom is -0.310 e. The maximum atomic E-state index is 2.50. The van der Waals surface area contributed by atoms with Crippen LogP contribution < -0.4 is 4.90 Å². The van der Waals surface area contributed by atoms with Crippen LogP contribution in [0.15, 0.2) is 243 Å². The van der Waals surface area contributed by atoms with Crippen molar-refractivity contribution in [2.45, 2.75) is 19.3 Å². The van der Waals surface area contributed by atoms with Gasteiger partial charge < -0.3 is 9.47 Å². The van der Waals surface area contributed by atoms with E-state index in [0.717, 1.165) is 17.1 Å². The second kappa shape index (κ2) is 15.6. The third-order valence-electron chi connectivity index (χ3n) is 13.6. The Labute approximate surface area is 381 Å². The first-order valence-electron chi connectivity index (χ1n) is 22.6. The van der Waals surface area contributed by atoms with Crippen LogP contribution in [0, 0.1) is 13.8 Å². The number of fused-ring (bicyclic) bond motifs is 6. The molecule has 0 N–H and O–H groups in total. The van der Waals surface area contributed by atoms with Crippen molar-refractivity contribution in [2.24, 2.45) is 0 Å². The standard InChI is InChI=1S/C63H46N2/c1-43-28-34-48(35-29-43)63(49-36-30-44(2)31-37-49)56-23-15-27-61(65-59-25-13-10-21-53(59)54-22-11-14-26-60(54)65)62(56)55-41-40-51(42-57(55)63)64(50-38-32-46(33-39-50)45-16-5-3-6-17-45)58-24-12-9-20-52(58)47-18-7-4-8-19-47/h3-42H,1-2H3. The molecule has 0 spiro atoms. The lowest BCUT2D eigenvalue weighted by Gasteiger charge is -2.35. The van der Waals surface area contributed by atoms with Gasteiger partial charge in [-0.25, -0.2) is 0 Å². The predicted molar refractivity (Wildman–Crippen MR) is 273 cm³/mol. The summed E-state index contributed by atoms with van der Waals surface area (Å²) in [7, 11) is 0. The molecule has 0 amide bonds. The number of aromatic nitrogens is 1.